The van der Waals surface area contributed by atoms with Gasteiger partial charge in [-0.2, -0.15) is 0 Å². The molecule has 5 nitrogen and oxygen atoms in total. The maximum Gasteiger partial charge on any atom is 0.234 e. The Labute approximate surface area is 161 Å². The number of piperazine rings is 1. The number of rotatable bonds is 8. The number of carbonyl (C=O) groups is 1. The van der Waals surface area contributed by atoms with Crippen molar-refractivity contribution < 1.29 is 9.53 Å². The highest BCUT2D eigenvalue weighted by Gasteiger charge is 2.18. The van der Waals surface area contributed by atoms with Gasteiger partial charge in [0.05, 0.1) is 13.1 Å². The number of benzene rings is 2. The first-order chi connectivity index (χ1) is 13.2. The third-order valence-corrected chi connectivity index (χ3v) is 4.76. The summed E-state index contributed by atoms with van der Waals surface area (Å²) in [4.78, 5) is 16.8. The summed E-state index contributed by atoms with van der Waals surface area (Å²) in [6.07, 6.45) is 0. The molecule has 0 saturated carbocycles. The van der Waals surface area contributed by atoms with Gasteiger partial charge in [0, 0.05) is 32.7 Å². The maximum atomic E-state index is 12.1. The smallest absolute Gasteiger partial charge is 0.234 e. The SMILES string of the molecule is Cc1cccc(OCCNC(=O)CN2CCN(Cc3ccccc3)CC2)c1. The van der Waals surface area contributed by atoms with Crippen molar-refractivity contribution in [3.63, 3.8) is 0 Å². The van der Waals surface area contributed by atoms with Crippen LogP contribution >= 0.6 is 0 Å². The first-order valence-electron chi connectivity index (χ1n) is 9.64. The van der Waals surface area contributed by atoms with Crippen molar-refractivity contribution in [2.24, 2.45) is 0 Å². The van der Waals surface area contributed by atoms with Gasteiger partial charge in [0.15, 0.2) is 0 Å². The lowest BCUT2D eigenvalue weighted by molar-refractivity contribution is -0.122. The highest BCUT2D eigenvalue weighted by Crippen LogP contribution is 2.12. The van der Waals surface area contributed by atoms with E-state index in [0.29, 0.717) is 19.7 Å². The Hall–Kier alpha value is -2.37. The first kappa shape index (κ1) is 19.4. The van der Waals surface area contributed by atoms with Crippen LogP contribution in [0.3, 0.4) is 0 Å². The van der Waals surface area contributed by atoms with Crippen LogP contribution in [0.2, 0.25) is 0 Å². The summed E-state index contributed by atoms with van der Waals surface area (Å²) in [6, 6.07) is 18.5. The summed E-state index contributed by atoms with van der Waals surface area (Å²) in [5.74, 6) is 0.915. The molecule has 1 saturated heterocycles. The van der Waals surface area contributed by atoms with E-state index in [0.717, 1.165) is 38.5 Å². The van der Waals surface area contributed by atoms with Gasteiger partial charge in [-0.05, 0) is 30.2 Å². The third kappa shape index (κ3) is 6.70. The molecule has 1 aliphatic rings. The van der Waals surface area contributed by atoms with E-state index in [-0.39, 0.29) is 5.91 Å². The van der Waals surface area contributed by atoms with Crippen LogP contribution in [0.4, 0.5) is 0 Å². The first-order valence-corrected chi connectivity index (χ1v) is 9.64. The van der Waals surface area contributed by atoms with Crippen molar-refractivity contribution in [2.45, 2.75) is 13.5 Å². The molecule has 0 atom stereocenters. The van der Waals surface area contributed by atoms with Crippen LogP contribution in [0.1, 0.15) is 11.1 Å². The van der Waals surface area contributed by atoms with Crippen molar-refractivity contribution in [2.75, 3.05) is 45.9 Å². The van der Waals surface area contributed by atoms with E-state index >= 15 is 0 Å². The molecule has 1 amide bonds. The van der Waals surface area contributed by atoms with Gasteiger partial charge in [-0.1, -0.05) is 42.5 Å². The second kappa shape index (κ2) is 10.1. The van der Waals surface area contributed by atoms with Crippen molar-refractivity contribution in [1.82, 2.24) is 15.1 Å². The molecule has 1 N–H and O–H groups in total. The average Bonchev–Trinajstić information content (AvgIpc) is 2.68. The second-order valence-corrected chi connectivity index (χ2v) is 7.05. The fourth-order valence-corrected chi connectivity index (χ4v) is 3.27. The number of hydrogen-bond donors (Lipinski definition) is 1. The van der Waals surface area contributed by atoms with E-state index in [9.17, 15) is 4.79 Å². The van der Waals surface area contributed by atoms with Crippen LogP contribution < -0.4 is 10.1 Å². The molecule has 0 unspecified atom stereocenters. The molecule has 0 bridgehead atoms. The van der Waals surface area contributed by atoms with E-state index in [1.807, 2.05) is 37.3 Å². The van der Waals surface area contributed by atoms with Crippen LogP contribution in [-0.2, 0) is 11.3 Å². The fraction of sp³-hybridized carbons (Fsp3) is 0.409. The molecule has 0 aromatic heterocycles. The molecule has 1 heterocycles. The highest BCUT2D eigenvalue weighted by atomic mass is 16.5. The van der Waals surface area contributed by atoms with E-state index in [1.165, 1.54) is 11.1 Å². The molecule has 2 aromatic carbocycles. The lowest BCUT2D eigenvalue weighted by Gasteiger charge is -2.34. The second-order valence-electron chi connectivity index (χ2n) is 7.05. The number of aryl methyl sites for hydroxylation is 1. The third-order valence-electron chi connectivity index (χ3n) is 4.76. The molecular formula is C22H29N3O2. The van der Waals surface area contributed by atoms with Crippen molar-refractivity contribution >= 4 is 5.91 Å². The summed E-state index contributed by atoms with van der Waals surface area (Å²) in [7, 11) is 0. The minimum Gasteiger partial charge on any atom is -0.492 e. The monoisotopic (exact) mass is 367 g/mol. The fourth-order valence-electron chi connectivity index (χ4n) is 3.27. The van der Waals surface area contributed by atoms with Gasteiger partial charge in [0.1, 0.15) is 12.4 Å². The Morgan fingerprint density at radius 3 is 2.48 bits per heavy atom. The normalized spacial score (nSPS) is 15.4. The van der Waals surface area contributed by atoms with Gasteiger partial charge in [0.2, 0.25) is 5.91 Å². The zero-order chi connectivity index (χ0) is 18.9. The molecule has 0 aliphatic carbocycles. The van der Waals surface area contributed by atoms with Crippen molar-refractivity contribution in [3.05, 3.63) is 65.7 Å². The van der Waals surface area contributed by atoms with E-state index < -0.39 is 0 Å². The molecule has 144 valence electrons. The minimum atomic E-state index is 0.0688. The van der Waals surface area contributed by atoms with Crippen LogP contribution in [0.5, 0.6) is 5.75 Å². The van der Waals surface area contributed by atoms with Gasteiger partial charge in [-0.25, -0.2) is 0 Å². The Balaban J connectivity index is 1.29. The lowest BCUT2D eigenvalue weighted by atomic mass is 10.2. The molecule has 0 radical (unpaired) electrons. The molecule has 5 heteroatoms. The van der Waals surface area contributed by atoms with Gasteiger partial charge in [0.25, 0.3) is 0 Å². The molecular weight excluding hydrogens is 338 g/mol. The largest absolute Gasteiger partial charge is 0.492 e. The molecule has 1 aliphatic heterocycles. The number of amides is 1. The summed E-state index contributed by atoms with van der Waals surface area (Å²) < 4.78 is 5.66. The summed E-state index contributed by atoms with van der Waals surface area (Å²) in [5, 5.41) is 2.95. The predicted molar refractivity (Wildman–Crippen MR) is 108 cm³/mol. The zero-order valence-corrected chi connectivity index (χ0v) is 16.1. The average molecular weight is 367 g/mol. The van der Waals surface area contributed by atoms with Gasteiger partial charge in [-0.15, -0.1) is 0 Å². The van der Waals surface area contributed by atoms with Crippen LogP contribution in [-0.4, -0.2) is 61.6 Å². The number of hydrogen-bond acceptors (Lipinski definition) is 4. The Morgan fingerprint density at radius 1 is 1.00 bits per heavy atom. The molecule has 3 rings (SSSR count). The Kier molecular flexibility index (Phi) is 7.25. The highest BCUT2D eigenvalue weighted by molar-refractivity contribution is 5.78. The Morgan fingerprint density at radius 2 is 1.74 bits per heavy atom. The predicted octanol–water partition coefficient (Wildman–Crippen LogP) is 2.31. The van der Waals surface area contributed by atoms with E-state index in [2.05, 4.69) is 39.4 Å². The van der Waals surface area contributed by atoms with Crippen LogP contribution in [0.25, 0.3) is 0 Å². The number of nitrogens with zero attached hydrogens (tertiary/aromatic N) is 2. The van der Waals surface area contributed by atoms with Crippen molar-refractivity contribution in [3.8, 4) is 5.75 Å². The Bertz CT molecular complexity index is 713. The molecule has 0 spiro atoms. The summed E-state index contributed by atoms with van der Waals surface area (Å²) >= 11 is 0. The minimum absolute atomic E-state index is 0.0688. The maximum absolute atomic E-state index is 12.1. The molecule has 1 fully saturated rings. The van der Waals surface area contributed by atoms with E-state index in [4.69, 9.17) is 4.74 Å². The number of nitrogens with one attached hydrogen (secondary N) is 1. The summed E-state index contributed by atoms with van der Waals surface area (Å²) in [5.41, 5.74) is 2.51. The number of ether oxygens (including phenoxy) is 1. The topological polar surface area (TPSA) is 44.8 Å². The molecule has 27 heavy (non-hydrogen) atoms. The lowest BCUT2D eigenvalue weighted by Crippen LogP contribution is -2.49. The van der Waals surface area contributed by atoms with Gasteiger partial charge in [-0.3, -0.25) is 14.6 Å². The zero-order valence-electron chi connectivity index (χ0n) is 16.1. The summed E-state index contributed by atoms with van der Waals surface area (Å²) in [6.45, 7) is 8.35. The van der Waals surface area contributed by atoms with E-state index in [1.54, 1.807) is 0 Å². The number of carbonyl (C=O) groups excluding carboxylic acids is 1. The van der Waals surface area contributed by atoms with Gasteiger partial charge >= 0.3 is 0 Å². The van der Waals surface area contributed by atoms with Crippen LogP contribution in [0, 0.1) is 6.92 Å². The van der Waals surface area contributed by atoms with Crippen molar-refractivity contribution in [1.29, 1.82) is 0 Å². The van der Waals surface area contributed by atoms with Crippen LogP contribution in [0.15, 0.2) is 54.6 Å². The van der Waals surface area contributed by atoms with Gasteiger partial charge < -0.3 is 10.1 Å². The molecule has 2 aromatic rings. The quantitative estimate of drug-likeness (QED) is 0.728. The standard InChI is InChI=1S/C22H29N3O2/c1-19-6-5-9-21(16-19)27-15-10-23-22(26)18-25-13-11-24(12-14-25)17-20-7-3-2-4-8-20/h2-9,16H,10-15,17-18H2,1H3,(H,23,26).